The van der Waals surface area contributed by atoms with Crippen LogP contribution < -0.4 is 51.4 Å². The molecule has 0 saturated carbocycles. The van der Waals surface area contributed by atoms with Crippen molar-refractivity contribution in [1.82, 2.24) is 0 Å². The van der Waals surface area contributed by atoms with E-state index in [1.165, 1.54) is 18.9 Å². The summed E-state index contributed by atoms with van der Waals surface area (Å²) in [7, 11) is 0. The molecule has 2 aliphatic rings. The van der Waals surface area contributed by atoms with E-state index in [1.807, 2.05) is 18.2 Å². The molecule has 0 N–H and O–H groups in total. The zero-order valence-electron chi connectivity index (χ0n) is 19.3. The minimum atomic E-state index is -0.191. The number of ether oxygens (including phenoxy) is 1. The zero-order valence-corrected chi connectivity index (χ0v) is 22.4. The van der Waals surface area contributed by atoms with Crippen LogP contribution >= 0.6 is 0 Å². The van der Waals surface area contributed by atoms with Crippen LogP contribution in [0.3, 0.4) is 0 Å². The quantitative estimate of drug-likeness (QED) is 0.677. The molecule has 1 fully saturated rings. The maximum absolute atomic E-state index is 12.8. The molecular formula is C26H30KNO3. The molecule has 1 heterocycles. The van der Waals surface area contributed by atoms with Crippen molar-refractivity contribution in [3.63, 3.8) is 0 Å². The first-order valence-corrected chi connectivity index (χ1v) is 10.7. The van der Waals surface area contributed by atoms with Crippen molar-refractivity contribution in [3.05, 3.63) is 81.8 Å². The summed E-state index contributed by atoms with van der Waals surface area (Å²) in [5.74, 6) is 0.199. The Morgan fingerprint density at radius 2 is 1.35 bits per heavy atom. The maximum Gasteiger partial charge on any atom is 1.00 e. The van der Waals surface area contributed by atoms with E-state index in [4.69, 9.17) is 4.74 Å². The fourth-order valence-electron chi connectivity index (χ4n) is 3.66. The minimum Gasteiger partial charge on any atom is -0.654 e. The van der Waals surface area contributed by atoms with Crippen LogP contribution in [0, 0.1) is 0 Å². The third-order valence-corrected chi connectivity index (χ3v) is 5.34. The van der Waals surface area contributed by atoms with E-state index in [1.54, 1.807) is 24.3 Å². The standard InChI is InChI=1S/C22H23NO2.C4H8O.K/c1-13(2)15-10-7-11-16(14(3)4)21(15)23-19-12-20(24)17-8-5-6-9-18(17)22(19)25;1-2-4-5-3-1;/h5-14H,1-4H3,(H,23,24);1-4H2;/q;;+1/p-1. The van der Waals surface area contributed by atoms with Gasteiger partial charge in [-0.05, 0) is 30.8 Å². The van der Waals surface area contributed by atoms with Gasteiger partial charge in [0.05, 0.1) is 0 Å². The number of rotatable bonds is 4. The predicted molar refractivity (Wildman–Crippen MR) is 121 cm³/mol. The minimum absolute atomic E-state index is 0. The van der Waals surface area contributed by atoms with Gasteiger partial charge in [0.25, 0.3) is 0 Å². The zero-order chi connectivity index (χ0) is 21.7. The number of allylic oxidation sites excluding steroid dienone is 2. The Balaban J connectivity index is 0.000000501. The first kappa shape index (κ1) is 26.2. The Bertz CT molecular complexity index is 925. The molecule has 4 nitrogen and oxygen atoms in total. The van der Waals surface area contributed by atoms with Gasteiger partial charge in [-0.2, -0.15) is 0 Å². The van der Waals surface area contributed by atoms with Crippen molar-refractivity contribution in [2.45, 2.75) is 52.4 Å². The molecule has 0 spiro atoms. The predicted octanol–water partition coefficient (Wildman–Crippen LogP) is 3.70. The molecular weight excluding hydrogens is 413 g/mol. The molecule has 31 heavy (non-hydrogen) atoms. The van der Waals surface area contributed by atoms with E-state index in [9.17, 15) is 9.59 Å². The fourth-order valence-corrected chi connectivity index (χ4v) is 3.66. The smallest absolute Gasteiger partial charge is 0.654 e. The summed E-state index contributed by atoms with van der Waals surface area (Å²) >= 11 is 0. The summed E-state index contributed by atoms with van der Waals surface area (Å²) in [5.41, 5.74) is 4.10. The van der Waals surface area contributed by atoms with Gasteiger partial charge in [0.1, 0.15) is 0 Å². The summed E-state index contributed by atoms with van der Waals surface area (Å²) in [6.07, 6.45) is 3.92. The topological polar surface area (TPSA) is 57.5 Å². The number of carbonyl (C=O) groups is 2. The number of Topliss-reactive ketones (excluding diaryl/α,β-unsaturated/α-hetero) is 1. The molecule has 4 rings (SSSR count). The molecule has 0 unspecified atom stereocenters. The second kappa shape index (κ2) is 12.2. The van der Waals surface area contributed by atoms with Crippen LogP contribution in [0.1, 0.15) is 84.2 Å². The summed E-state index contributed by atoms with van der Waals surface area (Å²) < 4.78 is 4.94. The van der Waals surface area contributed by atoms with Crippen molar-refractivity contribution in [2.24, 2.45) is 0 Å². The van der Waals surface area contributed by atoms with Gasteiger partial charge in [0.15, 0.2) is 11.6 Å². The average molecular weight is 444 g/mol. The number of nitrogens with zero attached hydrogens (tertiary/aromatic N) is 1. The van der Waals surface area contributed by atoms with Gasteiger partial charge < -0.3 is 10.1 Å². The van der Waals surface area contributed by atoms with Gasteiger partial charge in [-0.3, -0.25) is 9.59 Å². The van der Waals surface area contributed by atoms with Crippen molar-refractivity contribution in [1.29, 1.82) is 0 Å². The first-order chi connectivity index (χ1) is 14.4. The van der Waals surface area contributed by atoms with Crippen molar-refractivity contribution < 1.29 is 65.7 Å². The normalized spacial score (nSPS) is 15.1. The summed E-state index contributed by atoms with van der Waals surface area (Å²) in [6.45, 7) is 10.4. The van der Waals surface area contributed by atoms with E-state index >= 15 is 0 Å². The molecule has 0 bridgehead atoms. The van der Waals surface area contributed by atoms with Crippen LogP contribution in [0.25, 0.3) is 5.32 Å². The average Bonchev–Trinajstić information content (AvgIpc) is 3.32. The third-order valence-electron chi connectivity index (χ3n) is 5.34. The number of hydrogen-bond donors (Lipinski definition) is 0. The summed E-state index contributed by atoms with van der Waals surface area (Å²) in [4.78, 5) is 25.2. The van der Waals surface area contributed by atoms with Gasteiger partial charge in [-0.1, -0.05) is 87.0 Å². The van der Waals surface area contributed by atoms with Crippen LogP contribution in [0.5, 0.6) is 0 Å². The Morgan fingerprint density at radius 1 is 0.806 bits per heavy atom. The molecule has 0 radical (unpaired) electrons. The van der Waals surface area contributed by atoms with Crippen LogP contribution in [0.2, 0.25) is 0 Å². The second-order valence-electron chi connectivity index (χ2n) is 8.29. The van der Waals surface area contributed by atoms with Crippen molar-refractivity contribution >= 4 is 17.3 Å². The monoisotopic (exact) mass is 443 g/mol. The molecule has 2 aromatic carbocycles. The first-order valence-electron chi connectivity index (χ1n) is 10.7. The van der Waals surface area contributed by atoms with E-state index in [0.29, 0.717) is 11.1 Å². The molecule has 5 heteroatoms. The van der Waals surface area contributed by atoms with Crippen LogP contribution in [0.15, 0.2) is 54.2 Å². The SMILES string of the molecule is C1CCOC1.CC(C)c1cccc(C(C)C)c1[N-]C1=CC(=O)c2ccccc2C1=O.[K+]. The number of ketones is 2. The van der Waals surface area contributed by atoms with Crippen molar-refractivity contribution in [2.75, 3.05) is 13.2 Å². The third kappa shape index (κ3) is 6.47. The number of para-hydroxylation sites is 1. The fraction of sp³-hybridized carbons (Fsp3) is 0.385. The molecule has 158 valence electrons. The Hall–Kier alpha value is -1.08. The van der Waals surface area contributed by atoms with Crippen LogP contribution in [-0.2, 0) is 4.74 Å². The van der Waals surface area contributed by atoms with Crippen LogP contribution in [-0.4, -0.2) is 24.8 Å². The molecule has 0 atom stereocenters. The molecule has 1 saturated heterocycles. The molecule has 2 aromatic rings. The van der Waals surface area contributed by atoms with Gasteiger partial charge >= 0.3 is 51.4 Å². The maximum atomic E-state index is 12.8. The Kier molecular flexibility index (Phi) is 10.3. The molecule has 1 aliphatic carbocycles. The molecule has 0 amide bonds. The summed E-state index contributed by atoms with van der Waals surface area (Å²) in [6, 6.07) is 13.0. The van der Waals surface area contributed by atoms with E-state index in [-0.39, 0.29) is 80.5 Å². The number of hydrogen-bond acceptors (Lipinski definition) is 3. The van der Waals surface area contributed by atoms with E-state index in [2.05, 4.69) is 33.0 Å². The Labute approximate surface area is 228 Å². The Morgan fingerprint density at radius 3 is 1.84 bits per heavy atom. The summed E-state index contributed by atoms with van der Waals surface area (Å²) in [5, 5.41) is 4.68. The van der Waals surface area contributed by atoms with Gasteiger partial charge in [0, 0.05) is 24.3 Å². The van der Waals surface area contributed by atoms with E-state index < -0.39 is 0 Å². The second-order valence-corrected chi connectivity index (χ2v) is 8.29. The largest absolute Gasteiger partial charge is 1.00 e. The van der Waals surface area contributed by atoms with E-state index in [0.717, 1.165) is 30.0 Å². The van der Waals surface area contributed by atoms with Crippen molar-refractivity contribution in [3.8, 4) is 0 Å². The van der Waals surface area contributed by atoms with Gasteiger partial charge in [-0.15, -0.1) is 5.69 Å². The van der Waals surface area contributed by atoms with Gasteiger partial charge in [-0.25, -0.2) is 0 Å². The molecule has 0 aromatic heterocycles. The van der Waals surface area contributed by atoms with Crippen LogP contribution in [0.4, 0.5) is 5.69 Å². The number of benzene rings is 2. The molecule has 1 aliphatic heterocycles. The number of fused-ring (bicyclic) bond motifs is 1. The van der Waals surface area contributed by atoms with Gasteiger partial charge in [0.2, 0.25) is 0 Å². The number of carbonyl (C=O) groups excluding carboxylic acids is 2.